The van der Waals surface area contributed by atoms with Gasteiger partial charge in [-0.25, -0.2) is 4.98 Å². The fourth-order valence-electron chi connectivity index (χ4n) is 5.31. The lowest BCUT2D eigenvalue weighted by atomic mass is 9.87. The number of nitrogens with zero attached hydrogens (tertiary/aromatic N) is 4. The van der Waals surface area contributed by atoms with Crippen LogP contribution in [0.15, 0.2) is 55.0 Å². The van der Waals surface area contributed by atoms with Crippen LogP contribution in [0.4, 0.5) is 0 Å². The Hall–Kier alpha value is -4.59. The summed E-state index contributed by atoms with van der Waals surface area (Å²) in [5.74, 6) is 0.408. The van der Waals surface area contributed by atoms with E-state index in [-0.39, 0.29) is 6.42 Å². The number of fused-ring (bicyclic) bond motifs is 1. The van der Waals surface area contributed by atoms with Crippen LogP contribution in [-0.2, 0) is 17.6 Å². The zero-order valence-electron chi connectivity index (χ0n) is 22.3. The average molecular weight is 521 g/mol. The topological polar surface area (TPSA) is 107 Å². The molecule has 3 aromatic heterocycles. The van der Waals surface area contributed by atoms with E-state index in [2.05, 4.69) is 10.2 Å². The van der Waals surface area contributed by atoms with Crippen molar-refractivity contribution in [1.82, 2.24) is 20.2 Å². The highest BCUT2D eigenvalue weighted by Crippen LogP contribution is 2.48. The molecular formula is C31H28N4O4. The molecule has 0 atom stereocenters. The number of aromatic nitrogens is 4. The van der Waals surface area contributed by atoms with Gasteiger partial charge < -0.3 is 14.6 Å². The van der Waals surface area contributed by atoms with Crippen LogP contribution in [0.1, 0.15) is 37.5 Å². The van der Waals surface area contributed by atoms with Gasteiger partial charge in [0.1, 0.15) is 17.1 Å². The van der Waals surface area contributed by atoms with Crippen LogP contribution in [0.5, 0.6) is 11.5 Å². The molecule has 0 spiro atoms. The molecule has 0 bridgehead atoms. The SMILES string of the molecule is Cc1cc2nc(-c3ccnnc3)ccc2c(-c2c(OC(C)(C)C)cc3c4c(ccnc24)CCO3)c1CC(=O)O. The van der Waals surface area contributed by atoms with Crippen molar-refractivity contribution in [2.75, 3.05) is 6.61 Å². The molecule has 5 aromatic rings. The highest BCUT2D eigenvalue weighted by Gasteiger charge is 2.28. The van der Waals surface area contributed by atoms with Crippen molar-refractivity contribution < 1.29 is 19.4 Å². The predicted molar refractivity (Wildman–Crippen MR) is 149 cm³/mol. The van der Waals surface area contributed by atoms with Crippen molar-refractivity contribution in [3.63, 3.8) is 0 Å². The van der Waals surface area contributed by atoms with Gasteiger partial charge in [0.05, 0.1) is 47.7 Å². The number of carbonyl (C=O) groups is 1. The first-order valence-corrected chi connectivity index (χ1v) is 12.9. The van der Waals surface area contributed by atoms with Crippen molar-refractivity contribution in [2.24, 2.45) is 0 Å². The number of rotatable bonds is 5. The first-order chi connectivity index (χ1) is 18.7. The summed E-state index contributed by atoms with van der Waals surface area (Å²) >= 11 is 0. The van der Waals surface area contributed by atoms with E-state index in [1.54, 1.807) is 18.6 Å². The van der Waals surface area contributed by atoms with E-state index in [1.165, 1.54) is 0 Å². The summed E-state index contributed by atoms with van der Waals surface area (Å²) in [6.45, 7) is 8.46. The molecule has 0 unspecified atom stereocenters. The Labute approximate surface area is 225 Å². The summed E-state index contributed by atoms with van der Waals surface area (Å²) in [5, 5.41) is 19.5. The number of pyridine rings is 2. The molecule has 1 aliphatic rings. The van der Waals surface area contributed by atoms with Crippen LogP contribution in [0.2, 0.25) is 0 Å². The van der Waals surface area contributed by atoms with E-state index in [0.29, 0.717) is 17.9 Å². The fourth-order valence-corrected chi connectivity index (χ4v) is 5.31. The number of carboxylic acids is 1. The second kappa shape index (κ2) is 9.31. The number of hydrogen-bond donors (Lipinski definition) is 1. The third kappa shape index (κ3) is 4.52. The van der Waals surface area contributed by atoms with Crippen LogP contribution >= 0.6 is 0 Å². The molecule has 0 amide bonds. The molecule has 0 saturated heterocycles. The van der Waals surface area contributed by atoms with E-state index in [0.717, 1.165) is 67.5 Å². The summed E-state index contributed by atoms with van der Waals surface area (Å²) in [6.07, 6.45) is 5.73. The maximum Gasteiger partial charge on any atom is 0.307 e. The van der Waals surface area contributed by atoms with Crippen molar-refractivity contribution in [3.8, 4) is 33.9 Å². The molecule has 0 radical (unpaired) electrons. The van der Waals surface area contributed by atoms with Gasteiger partial charge in [-0.05, 0) is 68.7 Å². The van der Waals surface area contributed by atoms with Crippen LogP contribution in [0.25, 0.3) is 44.2 Å². The second-order valence-electron chi connectivity index (χ2n) is 10.8. The Balaban J connectivity index is 1.74. The molecule has 0 fully saturated rings. The lowest BCUT2D eigenvalue weighted by Gasteiger charge is -2.28. The molecule has 4 heterocycles. The van der Waals surface area contributed by atoms with Gasteiger partial charge in [-0.1, -0.05) is 6.07 Å². The maximum absolute atomic E-state index is 12.1. The Kier molecular flexibility index (Phi) is 5.90. The number of carboxylic acid groups (broad SMARTS) is 1. The van der Waals surface area contributed by atoms with E-state index in [9.17, 15) is 9.90 Å². The quantitative estimate of drug-likeness (QED) is 0.303. The third-order valence-electron chi connectivity index (χ3n) is 6.86. The summed E-state index contributed by atoms with van der Waals surface area (Å²) < 4.78 is 12.6. The van der Waals surface area contributed by atoms with E-state index in [4.69, 9.17) is 19.4 Å². The second-order valence-corrected chi connectivity index (χ2v) is 10.8. The third-order valence-corrected chi connectivity index (χ3v) is 6.86. The number of hydrogen-bond acceptors (Lipinski definition) is 7. The fraction of sp³-hybridized carbons (Fsp3) is 0.258. The molecular weight excluding hydrogens is 492 g/mol. The maximum atomic E-state index is 12.1. The normalized spacial score (nSPS) is 12.9. The number of ether oxygens (including phenoxy) is 2. The molecule has 1 aliphatic heterocycles. The largest absolute Gasteiger partial charge is 0.492 e. The molecule has 6 rings (SSSR count). The minimum Gasteiger partial charge on any atom is -0.492 e. The van der Waals surface area contributed by atoms with Gasteiger partial charge in [0.15, 0.2) is 0 Å². The highest BCUT2D eigenvalue weighted by molar-refractivity contribution is 6.10. The number of benzene rings is 2. The molecule has 0 aliphatic carbocycles. The summed E-state index contributed by atoms with van der Waals surface area (Å²) in [7, 11) is 0. The van der Waals surface area contributed by atoms with Gasteiger partial charge in [-0.3, -0.25) is 9.78 Å². The molecule has 196 valence electrons. The average Bonchev–Trinajstić information content (AvgIpc) is 2.89. The lowest BCUT2D eigenvalue weighted by molar-refractivity contribution is -0.136. The van der Waals surface area contributed by atoms with Crippen LogP contribution in [0.3, 0.4) is 0 Å². The lowest BCUT2D eigenvalue weighted by Crippen LogP contribution is -2.24. The Morgan fingerprint density at radius 3 is 2.67 bits per heavy atom. The first kappa shape index (κ1) is 24.7. The van der Waals surface area contributed by atoms with Crippen molar-refractivity contribution in [1.29, 1.82) is 0 Å². The smallest absolute Gasteiger partial charge is 0.307 e. The highest BCUT2D eigenvalue weighted by atomic mass is 16.5. The van der Waals surface area contributed by atoms with Crippen molar-refractivity contribution in [2.45, 2.75) is 46.1 Å². The van der Waals surface area contributed by atoms with Gasteiger partial charge in [0.25, 0.3) is 0 Å². The molecule has 1 N–H and O–H groups in total. The van der Waals surface area contributed by atoms with Crippen molar-refractivity contribution in [3.05, 3.63) is 71.7 Å². The number of aryl methyl sites for hydroxylation is 1. The van der Waals surface area contributed by atoms with Gasteiger partial charge in [-0.2, -0.15) is 10.2 Å². The summed E-state index contributed by atoms with van der Waals surface area (Å²) in [6, 6.07) is 11.7. The van der Waals surface area contributed by atoms with Crippen molar-refractivity contribution >= 4 is 27.8 Å². The standard InChI is InChI=1S/C31H28N4O4/c1-17-13-23-20(5-6-22(35-23)19-8-11-33-34-16-19)28(21(17)14-26(36)37)29-25(39-31(2,3)4)15-24-27-18(9-12-38-24)7-10-32-30(27)29/h5-8,10-11,13,15-16H,9,12,14H2,1-4H3,(H,36,37). The van der Waals surface area contributed by atoms with E-state index >= 15 is 0 Å². The Bertz CT molecular complexity index is 1760. The predicted octanol–water partition coefficient (Wildman–Crippen LogP) is 5.95. The Morgan fingerprint density at radius 2 is 1.92 bits per heavy atom. The first-order valence-electron chi connectivity index (χ1n) is 12.9. The van der Waals surface area contributed by atoms with Gasteiger partial charge in [-0.15, -0.1) is 0 Å². The minimum atomic E-state index is -0.913. The minimum absolute atomic E-state index is 0.151. The van der Waals surface area contributed by atoms with Gasteiger partial charge in [0, 0.05) is 40.6 Å². The van der Waals surface area contributed by atoms with Crippen LogP contribution < -0.4 is 9.47 Å². The summed E-state index contributed by atoms with van der Waals surface area (Å²) in [4.78, 5) is 21.9. The van der Waals surface area contributed by atoms with E-state index < -0.39 is 11.6 Å². The van der Waals surface area contributed by atoms with Gasteiger partial charge in [0.2, 0.25) is 0 Å². The Morgan fingerprint density at radius 1 is 1.08 bits per heavy atom. The molecule has 0 saturated carbocycles. The molecule has 8 heteroatoms. The zero-order valence-corrected chi connectivity index (χ0v) is 22.3. The van der Waals surface area contributed by atoms with Crippen LogP contribution in [-0.4, -0.2) is 43.4 Å². The van der Waals surface area contributed by atoms with E-state index in [1.807, 2.05) is 64.1 Å². The molecule has 39 heavy (non-hydrogen) atoms. The molecule has 2 aromatic carbocycles. The molecule has 8 nitrogen and oxygen atoms in total. The monoisotopic (exact) mass is 520 g/mol. The zero-order chi connectivity index (χ0) is 27.3. The summed E-state index contributed by atoms with van der Waals surface area (Å²) in [5.41, 5.74) is 6.74. The van der Waals surface area contributed by atoms with Crippen LogP contribution in [0, 0.1) is 6.92 Å². The van der Waals surface area contributed by atoms with Gasteiger partial charge >= 0.3 is 5.97 Å². The number of aliphatic carboxylic acids is 1.